The fraction of sp³-hybridized carbons (Fsp3) is 0.347. The minimum atomic E-state index is 0. The molecule has 282 valence electrons. The van der Waals surface area contributed by atoms with E-state index in [0.29, 0.717) is 5.92 Å². The molecule has 0 spiro atoms. The van der Waals surface area contributed by atoms with Crippen LogP contribution < -0.4 is 0 Å². The maximum absolute atomic E-state index is 3.06. The van der Waals surface area contributed by atoms with Gasteiger partial charge in [0.05, 0.1) is 0 Å². The first-order valence-corrected chi connectivity index (χ1v) is 22.9. The summed E-state index contributed by atoms with van der Waals surface area (Å²) >= 11 is 1.36. The number of rotatable bonds is 5. The molecular weight excluding hydrogens is 779 g/mol. The Balaban J connectivity index is 0.000000329. The average Bonchev–Trinajstić information content (AvgIpc) is 3.77. The summed E-state index contributed by atoms with van der Waals surface area (Å²) in [6.07, 6.45) is 12.5. The Kier molecular flexibility index (Phi) is 19.8. The van der Waals surface area contributed by atoms with Crippen LogP contribution in [0.15, 0.2) is 109 Å². The average molecular weight is 839 g/mol. The van der Waals surface area contributed by atoms with Gasteiger partial charge in [0.2, 0.25) is 0 Å². The third-order valence-corrected chi connectivity index (χ3v) is 11.3. The molecule has 8 rings (SSSR count). The zero-order valence-corrected chi connectivity index (χ0v) is 38.0. The molecule has 0 aliphatic heterocycles. The molecule has 4 heteroatoms. The summed E-state index contributed by atoms with van der Waals surface area (Å²) in [5.74, 6) is 3.05. The van der Waals surface area contributed by atoms with E-state index >= 15 is 0 Å². The second-order valence-electron chi connectivity index (χ2n) is 15.1. The molecule has 0 N–H and O–H groups in total. The van der Waals surface area contributed by atoms with Crippen LogP contribution in [0.4, 0.5) is 0 Å². The molecule has 2 saturated carbocycles. The molecule has 2 aliphatic rings. The van der Waals surface area contributed by atoms with Crippen molar-refractivity contribution < 1.29 is 23.3 Å². The van der Waals surface area contributed by atoms with Crippen LogP contribution in [0.25, 0.3) is 43.8 Å². The van der Waals surface area contributed by atoms with Crippen molar-refractivity contribution in [2.45, 2.75) is 103 Å². The van der Waals surface area contributed by atoms with E-state index in [1.807, 2.05) is 0 Å². The third kappa shape index (κ3) is 11.4. The molecule has 2 aliphatic carbocycles. The van der Waals surface area contributed by atoms with E-state index in [9.17, 15) is 0 Å². The van der Waals surface area contributed by atoms with Gasteiger partial charge in [-0.2, -0.15) is 12.1 Å². The number of halogens is 2. The van der Waals surface area contributed by atoms with Crippen molar-refractivity contribution in [3.8, 4) is 22.3 Å². The predicted octanol–water partition coefficient (Wildman–Crippen LogP) is 15.6. The fourth-order valence-corrected chi connectivity index (χ4v) is 8.39. The molecule has 6 aromatic rings. The summed E-state index contributed by atoms with van der Waals surface area (Å²) in [4.78, 5) is 0. The number of hydrogen-bond acceptors (Lipinski definition) is 0. The van der Waals surface area contributed by atoms with Gasteiger partial charge in [0.15, 0.2) is 0 Å². The third-order valence-electron chi connectivity index (χ3n) is 11.3. The molecule has 2 fully saturated rings. The first kappa shape index (κ1) is 46.9. The second-order valence-corrected chi connectivity index (χ2v) is 15.1. The zero-order chi connectivity index (χ0) is 34.3. The van der Waals surface area contributed by atoms with Crippen LogP contribution in [-0.4, -0.2) is 6.88 Å². The molecule has 6 aromatic carbocycles. The van der Waals surface area contributed by atoms with Gasteiger partial charge in [0.1, 0.15) is 0 Å². The monoisotopic (exact) mass is 836 g/mol. The van der Waals surface area contributed by atoms with Gasteiger partial charge in [-0.05, 0) is 71.6 Å². The number of aryl methyl sites for hydroxylation is 1. The van der Waals surface area contributed by atoms with Gasteiger partial charge in [0.25, 0.3) is 0 Å². The summed E-state index contributed by atoms with van der Waals surface area (Å²) < 4.78 is 0. The van der Waals surface area contributed by atoms with E-state index in [2.05, 4.69) is 144 Å². The SMILES string of the molecule is CC1CCC(c2cc3c(-c4ccc(C(C)C)cc4)cccc3[cH-]2)CC1.Cc1cc2c(-c3ccc(C4CCCCC4)cc3)cccc2[cH-]1.Cl.Cl.[CH3-].[CH3-].[Si]=[Zr]. The molecule has 0 saturated heterocycles. The van der Waals surface area contributed by atoms with E-state index < -0.39 is 0 Å². The van der Waals surface area contributed by atoms with Gasteiger partial charge in [-0.25, -0.2) is 0 Å². The van der Waals surface area contributed by atoms with Crippen molar-refractivity contribution in [3.63, 3.8) is 0 Å². The summed E-state index contributed by atoms with van der Waals surface area (Å²) in [6, 6.07) is 41.4. The predicted molar refractivity (Wildman–Crippen MR) is 238 cm³/mol. The van der Waals surface area contributed by atoms with Gasteiger partial charge < -0.3 is 14.9 Å². The molecule has 0 nitrogen and oxygen atoms in total. The molecule has 0 unspecified atom stereocenters. The Bertz CT molecular complexity index is 1940. The molecular formula is C49H60Cl2SiZr-4. The number of benzene rings is 4. The fourth-order valence-electron chi connectivity index (χ4n) is 8.39. The minimum absolute atomic E-state index is 0. The van der Waals surface area contributed by atoms with E-state index in [0.717, 1.165) is 17.8 Å². The molecule has 53 heavy (non-hydrogen) atoms. The van der Waals surface area contributed by atoms with Crippen LogP contribution in [-0.2, 0) is 23.3 Å². The Hall–Kier alpha value is -2.22. The normalized spacial score (nSPS) is 16.8. The summed E-state index contributed by atoms with van der Waals surface area (Å²) in [7, 11) is 0. The van der Waals surface area contributed by atoms with E-state index in [1.165, 1.54) is 142 Å². The maximum atomic E-state index is 3.06. The molecule has 0 heterocycles. The van der Waals surface area contributed by atoms with Crippen LogP contribution in [0, 0.1) is 27.7 Å². The van der Waals surface area contributed by atoms with Crippen molar-refractivity contribution in [2.24, 2.45) is 5.92 Å². The number of hydrogen-bond donors (Lipinski definition) is 0. The number of fused-ring (bicyclic) bond motifs is 2. The van der Waals surface area contributed by atoms with Gasteiger partial charge in [-0.1, -0.05) is 132 Å². The van der Waals surface area contributed by atoms with Gasteiger partial charge in [0, 0.05) is 0 Å². The molecule has 0 bridgehead atoms. The Morgan fingerprint density at radius 3 is 1.66 bits per heavy atom. The van der Waals surface area contributed by atoms with E-state index in [4.69, 9.17) is 0 Å². The first-order valence-electron chi connectivity index (χ1n) is 18.7. The van der Waals surface area contributed by atoms with E-state index in [1.54, 1.807) is 5.56 Å². The van der Waals surface area contributed by atoms with Crippen LogP contribution in [0.1, 0.15) is 119 Å². The topological polar surface area (TPSA) is 0 Å². The van der Waals surface area contributed by atoms with Crippen molar-refractivity contribution in [1.29, 1.82) is 0 Å². The van der Waals surface area contributed by atoms with Gasteiger partial charge >= 0.3 is 30.2 Å². The first-order chi connectivity index (χ1) is 23.9. The Morgan fingerprint density at radius 2 is 1.11 bits per heavy atom. The van der Waals surface area contributed by atoms with Crippen molar-refractivity contribution in [2.75, 3.05) is 0 Å². The zero-order valence-electron chi connectivity index (χ0n) is 32.9. The molecule has 0 aromatic heterocycles. The standard InChI is InChI=1S/C25H29.C22H23.2CH3.2ClH.Si.Zr/c1-17(2)19-11-13-21(14-12-19)24-6-4-5-22-15-23(16-25(22)24)20-9-7-18(3)8-10-20;1-16-14-20-8-5-9-21(22(20)15-16)19-12-10-18(11-13-19)17-6-3-2-4-7-17;;;;;;/h4-6,11-18,20H,7-10H2,1-3H3;5,8-15,17H,2-4,6-7H2,1H3;2*1H3;2*1H;;/q4*-1;;;;. The Morgan fingerprint density at radius 1 is 0.604 bits per heavy atom. The summed E-state index contributed by atoms with van der Waals surface area (Å²) in [6.45, 7) is 12.1. The van der Waals surface area contributed by atoms with Crippen molar-refractivity contribution >= 4 is 53.2 Å². The van der Waals surface area contributed by atoms with Crippen LogP contribution >= 0.6 is 24.8 Å². The van der Waals surface area contributed by atoms with Gasteiger partial charge in [-0.15, -0.1) is 93.9 Å². The van der Waals surface area contributed by atoms with Crippen molar-refractivity contribution in [3.05, 3.63) is 146 Å². The van der Waals surface area contributed by atoms with Crippen LogP contribution in [0.5, 0.6) is 0 Å². The summed E-state index contributed by atoms with van der Waals surface area (Å²) in [5, 5.41) is 5.56. The Labute approximate surface area is 351 Å². The second kappa shape index (κ2) is 22.4. The van der Waals surface area contributed by atoms with Gasteiger partial charge in [-0.3, -0.25) is 0 Å². The molecule has 2 radical (unpaired) electrons. The molecule has 0 atom stereocenters. The summed E-state index contributed by atoms with van der Waals surface area (Å²) in [5.41, 5.74) is 11.3. The molecule has 0 amide bonds. The quantitative estimate of drug-likeness (QED) is 0.120. The van der Waals surface area contributed by atoms with Crippen molar-refractivity contribution in [1.82, 2.24) is 0 Å². The van der Waals surface area contributed by atoms with E-state index in [-0.39, 0.29) is 39.7 Å². The van der Waals surface area contributed by atoms with Crippen LogP contribution in [0.2, 0.25) is 0 Å². The van der Waals surface area contributed by atoms with Crippen LogP contribution in [0.3, 0.4) is 0 Å².